The Kier molecular flexibility index (Phi) is 7.12. The van der Waals surface area contributed by atoms with Gasteiger partial charge in [0.1, 0.15) is 0 Å². The van der Waals surface area contributed by atoms with Gasteiger partial charge < -0.3 is 18.9 Å². The molecule has 150 valence electrons. The minimum absolute atomic E-state index is 0.191. The van der Waals surface area contributed by atoms with Crippen LogP contribution in [0.4, 0.5) is 0 Å². The molecule has 4 atom stereocenters. The molecule has 2 fully saturated rings. The first-order valence-corrected chi connectivity index (χ1v) is 10.5. The smallest absolute Gasteiger partial charge is 0.184 e. The maximum absolute atomic E-state index is 6.03. The first-order chi connectivity index (χ1) is 13.9. The van der Waals surface area contributed by atoms with Crippen molar-refractivity contribution in [1.29, 1.82) is 0 Å². The van der Waals surface area contributed by atoms with Crippen LogP contribution in [0, 0.1) is 0 Å². The third-order valence-corrected chi connectivity index (χ3v) is 5.44. The monoisotopic (exact) mass is 382 g/mol. The van der Waals surface area contributed by atoms with Gasteiger partial charge in [-0.15, -0.1) is 0 Å². The van der Waals surface area contributed by atoms with Crippen molar-refractivity contribution in [3.05, 3.63) is 71.8 Å². The molecule has 0 bridgehead atoms. The van der Waals surface area contributed by atoms with Gasteiger partial charge in [0.2, 0.25) is 0 Å². The highest BCUT2D eigenvalue weighted by Crippen LogP contribution is 2.30. The van der Waals surface area contributed by atoms with Crippen molar-refractivity contribution >= 4 is 0 Å². The molecule has 4 heteroatoms. The van der Waals surface area contributed by atoms with E-state index in [1.807, 2.05) is 36.4 Å². The number of hydrogen-bond donors (Lipinski definition) is 0. The first-order valence-electron chi connectivity index (χ1n) is 10.5. The Hall–Kier alpha value is -1.72. The fourth-order valence-electron chi connectivity index (χ4n) is 3.87. The van der Waals surface area contributed by atoms with Crippen LogP contribution < -0.4 is 0 Å². The second-order valence-electron chi connectivity index (χ2n) is 7.66. The zero-order valence-corrected chi connectivity index (χ0v) is 16.4. The minimum Gasteiger partial charge on any atom is -0.346 e. The van der Waals surface area contributed by atoms with Gasteiger partial charge in [0.15, 0.2) is 12.6 Å². The summed E-state index contributed by atoms with van der Waals surface area (Å²) >= 11 is 0. The van der Waals surface area contributed by atoms with Crippen molar-refractivity contribution in [2.45, 2.75) is 63.3 Å². The molecule has 0 N–H and O–H groups in total. The van der Waals surface area contributed by atoms with E-state index in [-0.39, 0.29) is 24.8 Å². The summed E-state index contributed by atoms with van der Waals surface area (Å²) in [7, 11) is 0. The van der Waals surface area contributed by atoms with E-state index in [0.29, 0.717) is 13.2 Å². The lowest BCUT2D eigenvalue weighted by atomic mass is 10.1. The summed E-state index contributed by atoms with van der Waals surface area (Å²) in [6.45, 7) is 1.40. The molecule has 0 aliphatic carbocycles. The van der Waals surface area contributed by atoms with Crippen molar-refractivity contribution < 1.29 is 18.9 Å². The van der Waals surface area contributed by atoms with E-state index in [2.05, 4.69) is 24.3 Å². The second kappa shape index (κ2) is 10.2. The van der Waals surface area contributed by atoms with Gasteiger partial charge in [-0.05, 0) is 12.8 Å². The highest BCUT2D eigenvalue weighted by atomic mass is 16.7. The van der Waals surface area contributed by atoms with Gasteiger partial charge in [-0.25, -0.2) is 0 Å². The standard InChI is InChI=1S/C24H30O4/c1(9-15-21-17-25-23(27-21)19-11-5-3-6-12-19)2-10-16-22-18-26-24(28-22)20-13-7-4-8-14-20/h3-8,11-14,21-24H,1-2,9-10,15-18H2/t21-,22-,23?,24?/m0/s1. The molecule has 0 amide bonds. The van der Waals surface area contributed by atoms with E-state index in [4.69, 9.17) is 18.9 Å². The molecule has 4 nitrogen and oxygen atoms in total. The van der Waals surface area contributed by atoms with Crippen LogP contribution in [0.2, 0.25) is 0 Å². The average Bonchev–Trinajstić information content (AvgIpc) is 3.42. The molecular formula is C24H30O4. The number of rotatable bonds is 9. The van der Waals surface area contributed by atoms with Crippen LogP contribution in [0.5, 0.6) is 0 Å². The highest BCUT2D eigenvalue weighted by molar-refractivity contribution is 5.17. The molecule has 0 radical (unpaired) electrons. The zero-order chi connectivity index (χ0) is 19.0. The van der Waals surface area contributed by atoms with Crippen LogP contribution in [0.3, 0.4) is 0 Å². The van der Waals surface area contributed by atoms with Crippen LogP contribution in [-0.2, 0) is 18.9 Å². The number of ether oxygens (including phenoxy) is 4. The van der Waals surface area contributed by atoms with Gasteiger partial charge in [0, 0.05) is 11.1 Å². The van der Waals surface area contributed by atoms with Crippen LogP contribution in [0.1, 0.15) is 62.2 Å². The Balaban J connectivity index is 1.06. The van der Waals surface area contributed by atoms with Crippen molar-refractivity contribution in [3.63, 3.8) is 0 Å². The lowest BCUT2D eigenvalue weighted by Gasteiger charge is -2.12. The summed E-state index contributed by atoms with van der Waals surface area (Å²) in [5.74, 6) is 0. The summed E-state index contributed by atoms with van der Waals surface area (Å²) in [6.07, 6.45) is 7.04. The maximum Gasteiger partial charge on any atom is 0.184 e. The molecule has 0 saturated carbocycles. The maximum atomic E-state index is 6.03. The first kappa shape index (κ1) is 19.6. The summed E-state index contributed by atoms with van der Waals surface area (Å²) in [4.78, 5) is 0. The lowest BCUT2D eigenvalue weighted by Crippen LogP contribution is -2.10. The second-order valence-corrected chi connectivity index (χ2v) is 7.66. The minimum atomic E-state index is -0.191. The van der Waals surface area contributed by atoms with Crippen molar-refractivity contribution in [2.24, 2.45) is 0 Å². The van der Waals surface area contributed by atoms with Gasteiger partial charge in [-0.2, -0.15) is 0 Å². The van der Waals surface area contributed by atoms with E-state index in [1.165, 1.54) is 25.7 Å². The van der Waals surface area contributed by atoms with E-state index in [1.54, 1.807) is 0 Å². The number of unbranched alkanes of at least 4 members (excludes halogenated alkanes) is 3. The summed E-state index contributed by atoms with van der Waals surface area (Å²) in [5, 5.41) is 0. The summed E-state index contributed by atoms with van der Waals surface area (Å²) < 4.78 is 23.6. The van der Waals surface area contributed by atoms with Gasteiger partial charge in [-0.3, -0.25) is 0 Å². The number of hydrogen-bond acceptors (Lipinski definition) is 4. The van der Waals surface area contributed by atoms with Crippen molar-refractivity contribution in [3.8, 4) is 0 Å². The molecule has 2 saturated heterocycles. The average molecular weight is 382 g/mol. The molecule has 2 heterocycles. The Morgan fingerprint density at radius 2 is 1.00 bits per heavy atom. The predicted molar refractivity (Wildman–Crippen MR) is 108 cm³/mol. The van der Waals surface area contributed by atoms with Gasteiger partial charge >= 0.3 is 0 Å². The van der Waals surface area contributed by atoms with Crippen LogP contribution in [0.15, 0.2) is 60.7 Å². The molecule has 2 aromatic rings. The van der Waals surface area contributed by atoms with Crippen molar-refractivity contribution in [1.82, 2.24) is 0 Å². The van der Waals surface area contributed by atoms with E-state index < -0.39 is 0 Å². The fraction of sp³-hybridized carbons (Fsp3) is 0.500. The third kappa shape index (κ3) is 5.42. The zero-order valence-electron chi connectivity index (χ0n) is 16.4. The van der Waals surface area contributed by atoms with E-state index in [0.717, 1.165) is 24.0 Å². The Bertz CT molecular complexity index is 629. The predicted octanol–water partition coefficient (Wildman–Crippen LogP) is 5.56. The molecular weight excluding hydrogens is 352 g/mol. The Labute approximate surface area is 167 Å². The molecule has 0 aromatic heterocycles. The lowest BCUT2D eigenvalue weighted by molar-refractivity contribution is -0.0620. The van der Waals surface area contributed by atoms with Gasteiger partial charge in [0.25, 0.3) is 0 Å². The molecule has 2 aromatic carbocycles. The Morgan fingerprint density at radius 3 is 1.43 bits per heavy atom. The van der Waals surface area contributed by atoms with Gasteiger partial charge in [0.05, 0.1) is 25.4 Å². The largest absolute Gasteiger partial charge is 0.346 e. The quantitative estimate of drug-likeness (QED) is 0.533. The fourth-order valence-corrected chi connectivity index (χ4v) is 3.87. The topological polar surface area (TPSA) is 36.9 Å². The van der Waals surface area contributed by atoms with Crippen LogP contribution >= 0.6 is 0 Å². The SMILES string of the molecule is c1ccc(C2OC[C@H](CCCCCC[C@H]3COC(c4ccccc4)O3)O2)cc1. The highest BCUT2D eigenvalue weighted by Gasteiger charge is 2.27. The molecule has 2 aliphatic heterocycles. The van der Waals surface area contributed by atoms with Crippen LogP contribution in [0.25, 0.3) is 0 Å². The van der Waals surface area contributed by atoms with Crippen molar-refractivity contribution in [2.75, 3.05) is 13.2 Å². The third-order valence-electron chi connectivity index (χ3n) is 5.44. The molecule has 2 aliphatic rings. The summed E-state index contributed by atoms with van der Waals surface area (Å²) in [6, 6.07) is 20.4. The molecule has 0 spiro atoms. The normalized spacial score (nSPS) is 27.3. The Morgan fingerprint density at radius 1 is 0.571 bits per heavy atom. The molecule has 4 rings (SSSR count). The number of benzene rings is 2. The van der Waals surface area contributed by atoms with Crippen LogP contribution in [-0.4, -0.2) is 25.4 Å². The van der Waals surface area contributed by atoms with E-state index in [9.17, 15) is 0 Å². The summed E-state index contributed by atoms with van der Waals surface area (Å²) in [5.41, 5.74) is 2.22. The van der Waals surface area contributed by atoms with Gasteiger partial charge in [-0.1, -0.05) is 86.3 Å². The molecule has 28 heavy (non-hydrogen) atoms. The molecule has 2 unspecified atom stereocenters. The van der Waals surface area contributed by atoms with E-state index >= 15 is 0 Å².